The van der Waals surface area contributed by atoms with Gasteiger partial charge in [0.2, 0.25) is 0 Å². The molecule has 30 heavy (non-hydrogen) atoms. The zero-order chi connectivity index (χ0) is 21.5. The Kier molecular flexibility index (Phi) is 7.43. The van der Waals surface area contributed by atoms with Crippen LogP contribution in [0.5, 0.6) is 0 Å². The molecule has 3 rings (SSSR count). The molecule has 2 N–H and O–H groups in total. The summed E-state index contributed by atoms with van der Waals surface area (Å²) in [5.41, 5.74) is 3.23. The number of benzene rings is 2. The summed E-state index contributed by atoms with van der Waals surface area (Å²) in [6.07, 6.45) is 0. The molecule has 0 aliphatic rings. The zero-order valence-electron chi connectivity index (χ0n) is 16.9. The second kappa shape index (κ2) is 10.2. The van der Waals surface area contributed by atoms with E-state index in [1.165, 1.54) is 5.56 Å². The van der Waals surface area contributed by atoms with Crippen molar-refractivity contribution in [2.24, 2.45) is 0 Å². The Bertz CT molecular complexity index is 1030. The smallest absolute Gasteiger partial charge is 0.291 e. The lowest BCUT2D eigenvalue weighted by Crippen LogP contribution is -2.23. The van der Waals surface area contributed by atoms with Crippen LogP contribution in [0, 0.1) is 0 Å². The van der Waals surface area contributed by atoms with E-state index in [0.29, 0.717) is 22.5 Å². The number of amides is 2. The van der Waals surface area contributed by atoms with E-state index in [-0.39, 0.29) is 17.6 Å². The van der Waals surface area contributed by atoms with Gasteiger partial charge in [-0.05, 0) is 71.0 Å². The van der Waals surface area contributed by atoms with Gasteiger partial charge in [0.05, 0.1) is 0 Å². The molecular formula is C23H24BrN3O3. The normalized spacial score (nSPS) is 10.8. The van der Waals surface area contributed by atoms with Gasteiger partial charge in [0, 0.05) is 24.3 Å². The Morgan fingerprint density at radius 2 is 1.77 bits per heavy atom. The van der Waals surface area contributed by atoms with Gasteiger partial charge in [-0.25, -0.2) is 0 Å². The van der Waals surface area contributed by atoms with Crippen LogP contribution in [-0.2, 0) is 13.1 Å². The quantitative estimate of drug-likeness (QED) is 0.502. The fourth-order valence-corrected chi connectivity index (χ4v) is 3.22. The van der Waals surface area contributed by atoms with Crippen molar-refractivity contribution in [3.8, 4) is 0 Å². The first-order valence-electron chi connectivity index (χ1n) is 9.66. The largest absolute Gasteiger partial charge is 0.444 e. The van der Waals surface area contributed by atoms with Crippen molar-refractivity contribution in [3.05, 3.63) is 87.8 Å². The summed E-state index contributed by atoms with van der Waals surface area (Å²) >= 11 is 3.17. The van der Waals surface area contributed by atoms with Crippen molar-refractivity contribution >= 4 is 33.4 Å². The highest BCUT2D eigenvalue weighted by Gasteiger charge is 2.12. The molecule has 0 spiro atoms. The summed E-state index contributed by atoms with van der Waals surface area (Å²) in [5.74, 6) is -0.402. The number of halogens is 1. The van der Waals surface area contributed by atoms with Crippen molar-refractivity contribution in [2.75, 3.05) is 18.9 Å². The van der Waals surface area contributed by atoms with E-state index in [2.05, 4.69) is 57.6 Å². The second-order valence-electron chi connectivity index (χ2n) is 6.97. The molecule has 7 heteroatoms. The molecule has 1 heterocycles. The molecule has 0 fully saturated rings. The summed E-state index contributed by atoms with van der Waals surface area (Å²) in [5, 5.41) is 5.67. The first kappa shape index (κ1) is 21.8. The van der Waals surface area contributed by atoms with E-state index < -0.39 is 0 Å². The summed E-state index contributed by atoms with van der Waals surface area (Å²) in [7, 11) is 2.07. The number of furan rings is 1. The number of carbonyl (C=O) groups is 2. The molecule has 0 aliphatic heterocycles. The number of hydrogen-bond acceptors (Lipinski definition) is 4. The molecule has 0 unspecified atom stereocenters. The molecule has 2 amide bonds. The topological polar surface area (TPSA) is 74.6 Å². The van der Waals surface area contributed by atoms with Crippen molar-refractivity contribution in [3.63, 3.8) is 0 Å². The highest BCUT2D eigenvalue weighted by atomic mass is 79.9. The van der Waals surface area contributed by atoms with Crippen LogP contribution in [0.3, 0.4) is 0 Å². The predicted octanol–water partition coefficient (Wildman–Crippen LogP) is 4.68. The Labute approximate surface area is 184 Å². The maximum absolute atomic E-state index is 12.6. The minimum atomic E-state index is -0.382. The molecule has 0 saturated heterocycles. The van der Waals surface area contributed by atoms with Crippen LogP contribution < -0.4 is 10.6 Å². The first-order valence-corrected chi connectivity index (χ1v) is 10.4. The van der Waals surface area contributed by atoms with Gasteiger partial charge >= 0.3 is 0 Å². The number of nitrogens with zero attached hydrogens (tertiary/aromatic N) is 1. The van der Waals surface area contributed by atoms with E-state index in [9.17, 15) is 9.59 Å². The van der Waals surface area contributed by atoms with Crippen molar-refractivity contribution in [1.29, 1.82) is 0 Å². The molecule has 156 valence electrons. The number of anilines is 1. The lowest BCUT2D eigenvalue weighted by Gasteiger charge is -2.14. The minimum Gasteiger partial charge on any atom is -0.444 e. The van der Waals surface area contributed by atoms with Gasteiger partial charge in [-0.1, -0.05) is 37.3 Å². The fraction of sp³-hybridized carbons (Fsp3) is 0.217. The van der Waals surface area contributed by atoms with E-state index in [0.717, 1.165) is 18.7 Å². The first-order chi connectivity index (χ1) is 14.4. The molecule has 3 aromatic rings. The number of carbonyl (C=O) groups excluding carboxylic acids is 2. The predicted molar refractivity (Wildman–Crippen MR) is 120 cm³/mol. The lowest BCUT2D eigenvalue weighted by molar-refractivity contribution is 0.0949. The van der Waals surface area contributed by atoms with Crippen LogP contribution in [0.15, 0.2) is 69.8 Å². The van der Waals surface area contributed by atoms with E-state index in [1.54, 1.807) is 36.4 Å². The van der Waals surface area contributed by atoms with Crippen molar-refractivity contribution in [1.82, 2.24) is 10.2 Å². The summed E-state index contributed by atoms with van der Waals surface area (Å²) in [6.45, 7) is 4.39. The van der Waals surface area contributed by atoms with Gasteiger partial charge in [-0.3, -0.25) is 9.59 Å². The Morgan fingerprint density at radius 3 is 2.50 bits per heavy atom. The van der Waals surface area contributed by atoms with Crippen molar-refractivity contribution in [2.45, 2.75) is 20.0 Å². The molecular weight excluding hydrogens is 446 g/mol. The van der Waals surface area contributed by atoms with Crippen LogP contribution in [-0.4, -0.2) is 30.3 Å². The molecule has 0 aliphatic carbocycles. The highest BCUT2D eigenvalue weighted by molar-refractivity contribution is 9.10. The molecule has 6 nitrogen and oxygen atoms in total. The van der Waals surface area contributed by atoms with Gasteiger partial charge in [0.25, 0.3) is 11.8 Å². The Hall–Kier alpha value is -2.90. The third kappa shape index (κ3) is 6.05. The van der Waals surface area contributed by atoms with E-state index >= 15 is 0 Å². The second-order valence-corrected chi connectivity index (χ2v) is 7.75. The number of hydrogen-bond donors (Lipinski definition) is 2. The van der Waals surface area contributed by atoms with Crippen LogP contribution in [0.25, 0.3) is 0 Å². The molecule has 0 atom stereocenters. The van der Waals surface area contributed by atoms with Crippen molar-refractivity contribution < 1.29 is 14.0 Å². The zero-order valence-corrected chi connectivity index (χ0v) is 18.5. The molecule has 0 saturated carbocycles. The summed E-state index contributed by atoms with van der Waals surface area (Å²) in [4.78, 5) is 27.0. The Balaban J connectivity index is 1.60. The third-order valence-corrected chi connectivity index (χ3v) is 5.04. The summed E-state index contributed by atoms with van der Waals surface area (Å²) < 4.78 is 5.72. The number of nitrogens with one attached hydrogen (secondary N) is 2. The van der Waals surface area contributed by atoms with Gasteiger partial charge in [0.1, 0.15) is 0 Å². The standard InChI is InChI=1S/C23H24BrN3O3/c1-3-27(2)15-17-7-4-6-16(12-17)14-25-22(28)18-8-5-9-19(13-18)26-23(29)20-10-11-21(24)30-20/h4-13H,3,14-15H2,1-2H3,(H,25,28)(H,26,29). The van der Waals surface area contributed by atoms with Gasteiger partial charge in [-0.2, -0.15) is 0 Å². The Morgan fingerprint density at radius 1 is 1.00 bits per heavy atom. The van der Waals surface area contributed by atoms with Crippen LogP contribution in [0.2, 0.25) is 0 Å². The van der Waals surface area contributed by atoms with Crippen LogP contribution >= 0.6 is 15.9 Å². The average Bonchev–Trinajstić information content (AvgIpc) is 3.19. The maximum atomic E-state index is 12.6. The van der Waals surface area contributed by atoms with Gasteiger partial charge < -0.3 is 20.0 Å². The van der Waals surface area contributed by atoms with Gasteiger partial charge in [-0.15, -0.1) is 0 Å². The lowest BCUT2D eigenvalue weighted by atomic mass is 10.1. The van der Waals surface area contributed by atoms with Crippen LogP contribution in [0.4, 0.5) is 5.69 Å². The monoisotopic (exact) mass is 469 g/mol. The maximum Gasteiger partial charge on any atom is 0.291 e. The number of rotatable bonds is 8. The fourth-order valence-electron chi connectivity index (χ4n) is 2.91. The minimum absolute atomic E-state index is 0.185. The van der Waals surface area contributed by atoms with Gasteiger partial charge in [0.15, 0.2) is 10.4 Å². The SMILES string of the molecule is CCN(C)Cc1cccc(CNC(=O)c2cccc(NC(=O)c3ccc(Br)o3)c2)c1. The van der Waals surface area contributed by atoms with E-state index in [4.69, 9.17) is 4.42 Å². The molecule has 2 aromatic carbocycles. The van der Waals surface area contributed by atoms with Crippen LogP contribution in [0.1, 0.15) is 39.0 Å². The third-order valence-electron chi connectivity index (χ3n) is 4.62. The molecule has 0 radical (unpaired) electrons. The highest BCUT2D eigenvalue weighted by Crippen LogP contribution is 2.17. The van der Waals surface area contributed by atoms with E-state index in [1.807, 2.05) is 12.1 Å². The summed E-state index contributed by atoms with van der Waals surface area (Å²) in [6, 6.07) is 18.2. The molecule has 0 bridgehead atoms. The molecule has 1 aromatic heterocycles. The average molecular weight is 470 g/mol.